The number of hydrogen-bond acceptors (Lipinski definition) is 4. The Balaban J connectivity index is 2.44. The molecule has 0 aliphatic rings. The number of carbonyl (C=O) groups is 1. The van der Waals surface area contributed by atoms with Gasteiger partial charge in [0.2, 0.25) is 0 Å². The molecule has 106 valence electrons. The van der Waals surface area contributed by atoms with E-state index in [2.05, 4.69) is 4.98 Å². The summed E-state index contributed by atoms with van der Waals surface area (Å²) in [6, 6.07) is 8.87. The topological polar surface area (TPSA) is 84.3 Å². The van der Waals surface area contributed by atoms with Gasteiger partial charge in [-0.3, -0.25) is 9.78 Å². The lowest BCUT2D eigenvalue weighted by Gasteiger charge is -2.12. The Morgan fingerprint density at radius 2 is 2.00 bits per heavy atom. The molecule has 0 aliphatic heterocycles. The molecule has 1 unspecified atom stereocenters. The van der Waals surface area contributed by atoms with Crippen LogP contribution in [0.4, 0.5) is 0 Å². The van der Waals surface area contributed by atoms with Gasteiger partial charge in [0.15, 0.2) is 15.1 Å². The zero-order valence-electron chi connectivity index (χ0n) is 11.0. The highest BCUT2D eigenvalue weighted by atomic mass is 32.2. The van der Waals surface area contributed by atoms with Crippen LogP contribution in [0.3, 0.4) is 0 Å². The molecule has 1 aromatic heterocycles. The van der Waals surface area contributed by atoms with E-state index in [-0.39, 0.29) is 12.2 Å². The highest BCUT2D eigenvalue weighted by molar-refractivity contribution is 7.92. The summed E-state index contributed by atoms with van der Waals surface area (Å²) in [5.41, 5.74) is 1.13. The van der Waals surface area contributed by atoms with Gasteiger partial charge in [-0.15, -0.1) is 0 Å². The average molecular weight is 293 g/mol. The minimum absolute atomic E-state index is 0.0514. The van der Waals surface area contributed by atoms with Gasteiger partial charge in [-0.05, 0) is 18.1 Å². The molecule has 1 atom stereocenters. The summed E-state index contributed by atoms with van der Waals surface area (Å²) in [5.74, 6) is -1.62. The first-order chi connectivity index (χ1) is 9.45. The fourth-order valence-corrected chi connectivity index (χ4v) is 3.87. The van der Waals surface area contributed by atoms with Crippen molar-refractivity contribution in [2.45, 2.75) is 24.3 Å². The number of nitrogens with zero attached hydrogens (tertiary/aromatic N) is 1. The van der Waals surface area contributed by atoms with E-state index in [0.717, 1.165) is 5.39 Å². The predicted molar refractivity (Wildman–Crippen MR) is 76.1 cm³/mol. The third kappa shape index (κ3) is 2.80. The third-order valence-corrected chi connectivity index (χ3v) is 5.27. The molecule has 6 heteroatoms. The van der Waals surface area contributed by atoms with Gasteiger partial charge >= 0.3 is 5.97 Å². The molecule has 0 bridgehead atoms. The smallest absolute Gasteiger partial charge is 0.321 e. The minimum atomic E-state index is -3.76. The van der Waals surface area contributed by atoms with Crippen LogP contribution in [0.2, 0.25) is 0 Å². The molecule has 2 rings (SSSR count). The van der Waals surface area contributed by atoms with Crippen LogP contribution in [0.15, 0.2) is 36.5 Å². The summed E-state index contributed by atoms with van der Waals surface area (Å²) in [6.45, 7) is 1.55. The lowest BCUT2D eigenvalue weighted by Crippen LogP contribution is -2.30. The molecular formula is C14H15NO4S. The molecule has 2 aromatic rings. The highest BCUT2D eigenvalue weighted by Gasteiger charge is 2.31. The Bertz CT molecular complexity index is 734. The van der Waals surface area contributed by atoms with E-state index in [0.29, 0.717) is 11.1 Å². The highest BCUT2D eigenvalue weighted by Crippen LogP contribution is 2.21. The molecule has 5 nitrogen and oxygen atoms in total. The van der Waals surface area contributed by atoms with E-state index < -0.39 is 21.1 Å². The summed E-state index contributed by atoms with van der Waals surface area (Å²) < 4.78 is 24.4. The summed E-state index contributed by atoms with van der Waals surface area (Å²) in [7, 11) is -3.76. The number of hydrogen-bond donors (Lipinski definition) is 1. The third-order valence-electron chi connectivity index (χ3n) is 3.15. The van der Waals surface area contributed by atoms with Crippen LogP contribution in [0.1, 0.15) is 18.9 Å². The van der Waals surface area contributed by atoms with E-state index >= 15 is 0 Å². The fraction of sp³-hybridized carbons (Fsp3) is 0.286. The van der Waals surface area contributed by atoms with Gasteiger partial charge in [0.25, 0.3) is 0 Å². The van der Waals surface area contributed by atoms with Crippen LogP contribution < -0.4 is 0 Å². The molecule has 0 radical (unpaired) electrons. The lowest BCUT2D eigenvalue weighted by molar-refractivity contribution is -0.136. The predicted octanol–water partition coefficient (Wildman–Crippen LogP) is 2.01. The molecular weight excluding hydrogens is 278 g/mol. The second kappa shape index (κ2) is 5.58. The second-order valence-electron chi connectivity index (χ2n) is 4.53. The minimum Gasteiger partial charge on any atom is -0.480 e. The van der Waals surface area contributed by atoms with Gasteiger partial charge in [0.1, 0.15) is 0 Å². The molecule has 0 saturated heterocycles. The Morgan fingerprint density at radius 1 is 1.30 bits per heavy atom. The van der Waals surface area contributed by atoms with Gasteiger partial charge in [-0.25, -0.2) is 8.42 Å². The summed E-state index contributed by atoms with van der Waals surface area (Å²) in [6.07, 6.45) is 1.64. The average Bonchev–Trinajstić information content (AvgIpc) is 2.38. The van der Waals surface area contributed by atoms with Gasteiger partial charge in [0.05, 0.1) is 11.3 Å². The van der Waals surface area contributed by atoms with Crippen molar-refractivity contribution < 1.29 is 18.3 Å². The first kappa shape index (κ1) is 14.5. The van der Waals surface area contributed by atoms with Crippen LogP contribution in [0.5, 0.6) is 0 Å². The molecule has 0 amide bonds. The molecule has 20 heavy (non-hydrogen) atoms. The van der Waals surface area contributed by atoms with Gasteiger partial charge in [0, 0.05) is 11.6 Å². The van der Waals surface area contributed by atoms with Gasteiger partial charge in [-0.2, -0.15) is 0 Å². The van der Waals surface area contributed by atoms with Crippen molar-refractivity contribution in [3.05, 3.63) is 42.1 Å². The van der Waals surface area contributed by atoms with Crippen molar-refractivity contribution in [1.82, 2.24) is 4.98 Å². The molecule has 1 N–H and O–H groups in total. The van der Waals surface area contributed by atoms with E-state index in [4.69, 9.17) is 5.11 Å². The molecule has 0 aliphatic carbocycles. The second-order valence-corrected chi connectivity index (χ2v) is 6.72. The molecule has 1 aromatic carbocycles. The maximum atomic E-state index is 12.2. The van der Waals surface area contributed by atoms with E-state index in [1.54, 1.807) is 31.3 Å². The first-order valence-electron chi connectivity index (χ1n) is 6.22. The summed E-state index contributed by atoms with van der Waals surface area (Å²) >= 11 is 0. The fourth-order valence-electron chi connectivity index (χ4n) is 2.18. The van der Waals surface area contributed by atoms with Crippen LogP contribution in [0, 0.1) is 0 Å². The van der Waals surface area contributed by atoms with Crippen molar-refractivity contribution in [2.75, 3.05) is 0 Å². The van der Waals surface area contributed by atoms with Crippen LogP contribution in [0.25, 0.3) is 10.9 Å². The zero-order valence-corrected chi connectivity index (χ0v) is 11.8. The van der Waals surface area contributed by atoms with Crippen molar-refractivity contribution in [1.29, 1.82) is 0 Å². The monoisotopic (exact) mass is 293 g/mol. The standard InChI is InChI=1S/C14H15NO4S/c1-2-12(14(16)17)20(18,19)9-11-6-3-5-10-7-4-8-15-13(10)11/h3-8,12H,2,9H2,1H3,(H,16,17). The van der Waals surface area contributed by atoms with Gasteiger partial charge in [-0.1, -0.05) is 31.2 Å². The number of pyridine rings is 1. The Kier molecular flexibility index (Phi) is 4.04. The maximum absolute atomic E-state index is 12.2. The van der Waals surface area contributed by atoms with Gasteiger partial charge < -0.3 is 5.11 Å². The van der Waals surface area contributed by atoms with Crippen LogP contribution in [-0.2, 0) is 20.4 Å². The Hall–Kier alpha value is -1.95. The molecule has 1 heterocycles. The number of fused-ring (bicyclic) bond motifs is 1. The van der Waals surface area contributed by atoms with E-state index in [1.165, 1.54) is 0 Å². The van der Waals surface area contributed by atoms with Crippen LogP contribution >= 0.6 is 0 Å². The SMILES string of the molecule is CCC(C(=O)O)S(=O)(=O)Cc1cccc2cccnc12. The molecule has 0 fully saturated rings. The van der Waals surface area contributed by atoms with Crippen molar-refractivity contribution >= 4 is 26.7 Å². The Morgan fingerprint density at radius 3 is 2.65 bits per heavy atom. The van der Waals surface area contributed by atoms with Crippen molar-refractivity contribution in [3.63, 3.8) is 0 Å². The number of aromatic nitrogens is 1. The quantitative estimate of drug-likeness (QED) is 0.911. The number of carboxylic acids is 1. The number of rotatable bonds is 5. The number of carboxylic acid groups (broad SMARTS) is 1. The Labute approximate surface area is 117 Å². The summed E-state index contributed by atoms with van der Waals surface area (Å²) in [4.78, 5) is 15.2. The normalized spacial score (nSPS) is 13.2. The summed E-state index contributed by atoms with van der Waals surface area (Å²) in [5, 5.41) is 8.47. The lowest BCUT2D eigenvalue weighted by atomic mass is 10.1. The van der Waals surface area contributed by atoms with E-state index in [1.807, 2.05) is 12.1 Å². The van der Waals surface area contributed by atoms with E-state index in [9.17, 15) is 13.2 Å². The number of aliphatic carboxylic acids is 1. The molecule has 0 saturated carbocycles. The largest absolute Gasteiger partial charge is 0.480 e. The number of sulfone groups is 1. The molecule has 0 spiro atoms. The maximum Gasteiger partial charge on any atom is 0.321 e. The number of benzene rings is 1. The number of para-hydroxylation sites is 1. The van der Waals surface area contributed by atoms with Crippen molar-refractivity contribution in [3.8, 4) is 0 Å². The van der Waals surface area contributed by atoms with Crippen molar-refractivity contribution in [2.24, 2.45) is 0 Å². The first-order valence-corrected chi connectivity index (χ1v) is 7.94. The van der Waals surface area contributed by atoms with Crippen LogP contribution in [-0.4, -0.2) is 29.7 Å². The zero-order chi connectivity index (χ0) is 14.8.